The Bertz CT molecular complexity index is 455. The topological polar surface area (TPSA) is 77.3 Å². The number of halogens is 1. The Morgan fingerprint density at radius 2 is 2.15 bits per heavy atom. The molecule has 1 rings (SSSR count). The van der Waals surface area contributed by atoms with Gasteiger partial charge in [-0.1, -0.05) is 13.3 Å². The largest absolute Gasteiger partial charge is 0.381 e. The van der Waals surface area contributed by atoms with Crippen LogP contribution in [0.15, 0.2) is 10.7 Å². The van der Waals surface area contributed by atoms with Crippen LogP contribution in [0, 0.1) is 17.0 Å². The molecule has 0 fully saturated rings. The maximum absolute atomic E-state index is 10.8. The monoisotopic (exact) mass is 345 g/mol. The first-order valence-corrected chi connectivity index (χ1v) is 7.48. The summed E-state index contributed by atoms with van der Waals surface area (Å²) >= 11 is 3.34. The van der Waals surface area contributed by atoms with Crippen LogP contribution in [0.5, 0.6) is 0 Å². The molecule has 0 amide bonds. The molecule has 0 radical (unpaired) electrons. The van der Waals surface area contributed by atoms with Gasteiger partial charge in [0, 0.05) is 25.3 Å². The summed E-state index contributed by atoms with van der Waals surface area (Å²) in [6.07, 6.45) is 4.37. The molecule has 0 unspecified atom stereocenters. The van der Waals surface area contributed by atoms with Gasteiger partial charge in [0.2, 0.25) is 0 Å². The lowest BCUT2D eigenvalue weighted by Crippen LogP contribution is -2.09. The minimum Gasteiger partial charge on any atom is -0.381 e. The second kappa shape index (κ2) is 8.86. The van der Waals surface area contributed by atoms with Gasteiger partial charge in [0.15, 0.2) is 0 Å². The molecular formula is C13H20BrN3O3. The summed E-state index contributed by atoms with van der Waals surface area (Å²) in [6, 6.07) is 0. The zero-order valence-electron chi connectivity index (χ0n) is 11.8. The molecule has 1 aromatic rings. The van der Waals surface area contributed by atoms with Crippen molar-refractivity contribution >= 4 is 27.4 Å². The molecule has 1 N–H and O–H groups in total. The Kier molecular flexibility index (Phi) is 7.46. The average Bonchev–Trinajstić information content (AvgIpc) is 2.42. The van der Waals surface area contributed by atoms with Crippen LogP contribution < -0.4 is 5.32 Å². The number of nitro groups is 1. The van der Waals surface area contributed by atoms with Crippen molar-refractivity contribution in [1.82, 2.24) is 4.98 Å². The predicted molar refractivity (Wildman–Crippen MR) is 82.2 cm³/mol. The van der Waals surface area contributed by atoms with Gasteiger partial charge >= 0.3 is 0 Å². The van der Waals surface area contributed by atoms with E-state index in [1.54, 1.807) is 6.92 Å². The van der Waals surface area contributed by atoms with Crippen LogP contribution >= 0.6 is 15.9 Å². The van der Waals surface area contributed by atoms with E-state index in [-0.39, 0.29) is 5.69 Å². The van der Waals surface area contributed by atoms with E-state index in [9.17, 15) is 10.1 Å². The molecule has 0 saturated heterocycles. The van der Waals surface area contributed by atoms with Crippen LogP contribution in [-0.4, -0.2) is 29.7 Å². The molecule has 0 aliphatic heterocycles. The molecular weight excluding hydrogens is 326 g/mol. The highest BCUT2D eigenvalue weighted by Crippen LogP contribution is 2.30. The van der Waals surface area contributed by atoms with Gasteiger partial charge in [0.25, 0.3) is 5.69 Å². The fourth-order valence-electron chi connectivity index (χ4n) is 1.61. The molecule has 0 aliphatic carbocycles. The first-order valence-electron chi connectivity index (χ1n) is 6.69. The van der Waals surface area contributed by atoms with Gasteiger partial charge in [-0.2, -0.15) is 0 Å². The number of unbranched alkanes of at least 4 members (excludes halogenated alkanes) is 1. The van der Waals surface area contributed by atoms with Gasteiger partial charge in [-0.05, 0) is 35.7 Å². The molecule has 7 heteroatoms. The number of rotatable bonds is 9. The lowest BCUT2D eigenvalue weighted by molar-refractivity contribution is -0.385. The van der Waals surface area contributed by atoms with Crippen molar-refractivity contribution in [2.24, 2.45) is 0 Å². The van der Waals surface area contributed by atoms with Crippen LogP contribution in [0.2, 0.25) is 0 Å². The van der Waals surface area contributed by atoms with Crippen molar-refractivity contribution in [3.05, 3.63) is 26.3 Å². The Morgan fingerprint density at radius 3 is 2.80 bits per heavy atom. The van der Waals surface area contributed by atoms with E-state index in [0.29, 0.717) is 22.5 Å². The van der Waals surface area contributed by atoms with E-state index >= 15 is 0 Å². The number of pyridine rings is 1. The van der Waals surface area contributed by atoms with Crippen molar-refractivity contribution in [3.8, 4) is 0 Å². The lowest BCUT2D eigenvalue weighted by Gasteiger charge is -2.09. The second-order valence-corrected chi connectivity index (χ2v) is 5.23. The van der Waals surface area contributed by atoms with Gasteiger partial charge in [-0.15, -0.1) is 0 Å². The molecule has 0 aliphatic rings. The number of nitrogens with zero attached hydrogens (tertiary/aromatic N) is 2. The highest BCUT2D eigenvalue weighted by atomic mass is 79.9. The van der Waals surface area contributed by atoms with Crippen LogP contribution in [0.4, 0.5) is 11.5 Å². The first kappa shape index (κ1) is 16.8. The molecule has 20 heavy (non-hydrogen) atoms. The van der Waals surface area contributed by atoms with Crippen LogP contribution in [0.1, 0.15) is 31.7 Å². The van der Waals surface area contributed by atoms with Gasteiger partial charge in [0.05, 0.1) is 9.40 Å². The Balaban J connectivity index is 2.41. The fraction of sp³-hybridized carbons (Fsp3) is 0.615. The third-order valence-corrected chi connectivity index (χ3v) is 3.80. The molecule has 0 aromatic carbocycles. The van der Waals surface area contributed by atoms with Gasteiger partial charge in [0.1, 0.15) is 12.0 Å². The number of ether oxygens (including phenoxy) is 1. The van der Waals surface area contributed by atoms with E-state index in [4.69, 9.17) is 4.74 Å². The Labute approximate surface area is 127 Å². The van der Waals surface area contributed by atoms with Crippen molar-refractivity contribution in [1.29, 1.82) is 0 Å². The van der Waals surface area contributed by atoms with Gasteiger partial charge in [-0.3, -0.25) is 10.1 Å². The molecule has 0 spiro atoms. The molecule has 112 valence electrons. The summed E-state index contributed by atoms with van der Waals surface area (Å²) < 4.78 is 6.09. The summed E-state index contributed by atoms with van der Waals surface area (Å²) in [5, 5.41) is 13.9. The predicted octanol–water partition coefficient (Wildman–Crippen LogP) is 3.68. The molecule has 1 aromatic heterocycles. The summed E-state index contributed by atoms with van der Waals surface area (Å²) in [7, 11) is 0. The quantitative estimate of drug-likeness (QED) is 0.419. The summed E-state index contributed by atoms with van der Waals surface area (Å²) in [4.78, 5) is 14.4. The molecule has 6 nitrogen and oxygen atoms in total. The van der Waals surface area contributed by atoms with Crippen LogP contribution in [-0.2, 0) is 4.74 Å². The maximum atomic E-state index is 10.8. The third-order valence-electron chi connectivity index (χ3n) is 2.83. The minimum absolute atomic E-state index is 0.0188. The van der Waals surface area contributed by atoms with Crippen LogP contribution in [0.3, 0.4) is 0 Å². The average molecular weight is 346 g/mol. The minimum atomic E-state index is -0.432. The van der Waals surface area contributed by atoms with Crippen LogP contribution in [0.25, 0.3) is 0 Å². The summed E-state index contributed by atoms with van der Waals surface area (Å²) in [6.45, 7) is 6.05. The summed E-state index contributed by atoms with van der Waals surface area (Å²) in [5.41, 5.74) is 0.594. The Hall–Kier alpha value is -1.21. The SMILES string of the molecule is CCCCOCCCNc1ncc([N+](=O)[O-])c(C)c1Br. The number of anilines is 1. The number of hydrogen-bond donors (Lipinski definition) is 1. The molecule has 0 saturated carbocycles. The van der Waals surface area contributed by atoms with Crippen molar-refractivity contribution < 1.29 is 9.66 Å². The first-order chi connectivity index (χ1) is 9.57. The Morgan fingerprint density at radius 1 is 1.45 bits per heavy atom. The number of nitrogens with one attached hydrogen (secondary N) is 1. The van der Waals surface area contributed by atoms with Gasteiger partial charge in [-0.25, -0.2) is 4.98 Å². The smallest absolute Gasteiger partial charge is 0.291 e. The van der Waals surface area contributed by atoms with E-state index < -0.39 is 4.92 Å². The van der Waals surface area contributed by atoms with E-state index in [1.807, 2.05) is 0 Å². The van der Waals surface area contributed by atoms with E-state index in [1.165, 1.54) is 6.20 Å². The molecule has 0 atom stereocenters. The molecule has 0 bridgehead atoms. The normalized spacial score (nSPS) is 10.6. The van der Waals surface area contributed by atoms with Crippen molar-refractivity contribution in [3.63, 3.8) is 0 Å². The number of hydrogen-bond acceptors (Lipinski definition) is 5. The second-order valence-electron chi connectivity index (χ2n) is 4.43. The zero-order valence-corrected chi connectivity index (χ0v) is 13.4. The highest BCUT2D eigenvalue weighted by molar-refractivity contribution is 9.10. The van der Waals surface area contributed by atoms with E-state index in [2.05, 4.69) is 33.2 Å². The zero-order chi connectivity index (χ0) is 15.0. The molecule has 1 heterocycles. The lowest BCUT2D eigenvalue weighted by atomic mass is 10.2. The fourth-order valence-corrected chi connectivity index (χ4v) is 2.05. The summed E-state index contributed by atoms with van der Waals surface area (Å²) in [5.74, 6) is 0.627. The van der Waals surface area contributed by atoms with E-state index in [0.717, 1.165) is 32.4 Å². The van der Waals surface area contributed by atoms with Crippen molar-refractivity contribution in [2.45, 2.75) is 33.1 Å². The standard InChI is InChI=1S/C13H20BrN3O3/c1-3-4-7-20-8-5-6-15-13-12(14)10(2)11(9-16-13)17(18)19/h9H,3-8H2,1-2H3,(H,15,16). The third kappa shape index (κ3) is 5.05. The van der Waals surface area contributed by atoms with Gasteiger partial charge < -0.3 is 10.1 Å². The number of aromatic nitrogens is 1. The van der Waals surface area contributed by atoms with Crippen molar-refractivity contribution in [2.75, 3.05) is 25.1 Å². The highest BCUT2D eigenvalue weighted by Gasteiger charge is 2.16. The maximum Gasteiger partial charge on any atom is 0.291 e.